The van der Waals surface area contributed by atoms with Gasteiger partial charge in [-0.05, 0) is 12.1 Å². The molecule has 0 radical (unpaired) electrons. The number of hydrogen-bond donors (Lipinski definition) is 0. The van der Waals surface area contributed by atoms with Gasteiger partial charge in [0.15, 0.2) is 0 Å². The van der Waals surface area contributed by atoms with E-state index in [9.17, 15) is 0 Å². The van der Waals surface area contributed by atoms with Crippen LogP contribution in [0.5, 0.6) is 0 Å². The zero-order valence-electron chi connectivity index (χ0n) is 7.96. The number of aromatic nitrogens is 3. The van der Waals surface area contributed by atoms with E-state index < -0.39 is 0 Å². The van der Waals surface area contributed by atoms with Crippen molar-refractivity contribution in [2.75, 3.05) is 0 Å². The van der Waals surface area contributed by atoms with Gasteiger partial charge in [-0.1, -0.05) is 0 Å². The van der Waals surface area contributed by atoms with Crippen molar-refractivity contribution in [3.8, 4) is 17.3 Å². The first-order valence-electron chi connectivity index (χ1n) is 4.48. The van der Waals surface area contributed by atoms with Crippen LogP contribution in [-0.4, -0.2) is 15.0 Å². The van der Waals surface area contributed by atoms with E-state index in [0.29, 0.717) is 12.1 Å². The second-order valence-corrected chi connectivity index (χ2v) is 2.97. The maximum atomic E-state index is 8.48. The van der Waals surface area contributed by atoms with Crippen LogP contribution in [0.15, 0.2) is 36.9 Å². The highest BCUT2D eigenvalue weighted by Crippen LogP contribution is 2.13. The van der Waals surface area contributed by atoms with E-state index in [1.54, 1.807) is 24.8 Å². The Morgan fingerprint density at radius 3 is 2.73 bits per heavy atom. The molecule has 2 heterocycles. The first kappa shape index (κ1) is 9.28. The molecular formula is C11H8N4. The highest BCUT2D eigenvalue weighted by Gasteiger charge is 1.99. The highest BCUT2D eigenvalue weighted by atomic mass is 14.8. The third kappa shape index (κ3) is 2.15. The SMILES string of the molecule is N#CCc1cnc(-c2cccnc2)cn1. The highest BCUT2D eigenvalue weighted by molar-refractivity contribution is 5.56. The monoisotopic (exact) mass is 196 g/mol. The smallest absolute Gasteiger partial charge is 0.0900 e. The van der Waals surface area contributed by atoms with Crippen molar-refractivity contribution >= 4 is 0 Å². The van der Waals surface area contributed by atoms with Crippen molar-refractivity contribution in [2.45, 2.75) is 6.42 Å². The fourth-order valence-corrected chi connectivity index (χ4v) is 1.19. The average Bonchev–Trinajstić information content (AvgIpc) is 2.32. The molecule has 0 aliphatic carbocycles. The lowest BCUT2D eigenvalue weighted by molar-refractivity contribution is 1.06. The average molecular weight is 196 g/mol. The third-order valence-electron chi connectivity index (χ3n) is 1.92. The number of pyridine rings is 1. The van der Waals surface area contributed by atoms with Gasteiger partial charge >= 0.3 is 0 Å². The van der Waals surface area contributed by atoms with Crippen LogP contribution in [0.1, 0.15) is 5.69 Å². The van der Waals surface area contributed by atoms with Crippen molar-refractivity contribution in [3.63, 3.8) is 0 Å². The Balaban J connectivity index is 2.29. The summed E-state index contributed by atoms with van der Waals surface area (Å²) in [5.41, 5.74) is 2.38. The summed E-state index contributed by atoms with van der Waals surface area (Å²) in [6.07, 6.45) is 7.00. The zero-order chi connectivity index (χ0) is 10.5. The molecule has 0 unspecified atom stereocenters. The van der Waals surface area contributed by atoms with Gasteiger partial charge in [0.05, 0.1) is 36.3 Å². The second kappa shape index (κ2) is 4.29. The Morgan fingerprint density at radius 2 is 2.13 bits per heavy atom. The Hall–Kier alpha value is -2.28. The lowest BCUT2D eigenvalue weighted by Gasteiger charge is -1.99. The van der Waals surface area contributed by atoms with Gasteiger partial charge in [-0.25, -0.2) is 0 Å². The molecule has 2 rings (SSSR count). The summed E-state index contributed by atoms with van der Waals surface area (Å²) in [7, 11) is 0. The van der Waals surface area contributed by atoms with Crippen LogP contribution in [0, 0.1) is 11.3 Å². The van der Waals surface area contributed by atoms with Crippen LogP contribution < -0.4 is 0 Å². The quantitative estimate of drug-likeness (QED) is 0.731. The Kier molecular flexibility index (Phi) is 2.65. The van der Waals surface area contributed by atoms with Crippen molar-refractivity contribution in [1.82, 2.24) is 15.0 Å². The first-order valence-corrected chi connectivity index (χ1v) is 4.48. The summed E-state index contributed by atoms with van der Waals surface area (Å²) in [4.78, 5) is 12.3. The van der Waals surface area contributed by atoms with Gasteiger partial charge in [-0.15, -0.1) is 0 Å². The molecule has 0 atom stereocenters. The summed E-state index contributed by atoms with van der Waals surface area (Å²) in [5, 5.41) is 8.48. The van der Waals surface area contributed by atoms with Crippen molar-refractivity contribution in [2.24, 2.45) is 0 Å². The molecule has 15 heavy (non-hydrogen) atoms. The lowest BCUT2D eigenvalue weighted by atomic mass is 10.2. The number of nitrogens with zero attached hydrogens (tertiary/aromatic N) is 4. The van der Waals surface area contributed by atoms with Gasteiger partial charge in [-0.2, -0.15) is 5.26 Å². The van der Waals surface area contributed by atoms with E-state index in [1.807, 2.05) is 18.2 Å². The predicted molar refractivity (Wildman–Crippen MR) is 54.6 cm³/mol. The Bertz CT molecular complexity index is 470. The van der Waals surface area contributed by atoms with Crippen molar-refractivity contribution < 1.29 is 0 Å². The molecule has 0 amide bonds. The molecule has 4 nitrogen and oxygen atoms in total. The minimum absolute atomic E-state index is 0.292. The fourth-order valence-electron chi connectivity index (χ4n) is 1.19. The van der Waals surface area contributed by atoms with E-state index in [1.165, 1.54) is 0 Å². The molecule has 0 N–H and O–H groups in total. The minimum Gasteiger partial charge on any atom is -0.264 e. The fraction of sp³-hybridized carbons (Fsp3) is 0.0909. The van der Waals surface area contributed by atoms with E-state index in [-0.39, 0.29) is 0 Å². The molecule has 2 aromatic rings. The maximum absolute atomic E-state index is 8.48. The van der Waals surface area contributed by atoms with Gasteiger partial charge in [-0.3, -0.25) is 15.0 Å². The van der Waals surface area contributed by atoms with E-state index in [2.05, 4.69) is 15.0 Å². The van der Waals surface area contributed by atoms with Gasteiger partial charge in [0.2, 0.25) is 0 Å². The molecule has 72 valence electrons. The summed E-state index contributed by atoms with van der Waals surface area (Å²) in [5.74, 6) is 0. The van der Waals surface area contributed by atoms with Crippen LogP contribution >= 0.6 is 0 Å². The van der Waals surface area contributed by atoms with Crippen molar-refractivity contribution in [1.29, 1.82) is 5.26 Å². The van der Waals surface area contributed by atoms with Gasteiger partial charge in [0.1, 0.15) is 0 Å². The lowest BCUT2D eigenvalue weighted by Crippen LogP contribution is -1.91. The molecule has 0 aliphatic heterocycles. The summed E-state index contributed by atoms with van der Waals surface area (Å²) in [6.45, 7) is 0. The second-order valence-electron chi connectivity index (χ2n) is 2.97. The molecule has 0 bridgehead atoms. The molecule has 2 aromatic heterocycles. The molecular weight excluding hydrogens is 188 g/mol. The van der Waals surface area contributed by atoms with Crippen molar-refractivity contribution in [3.05, 3.63) is 42.6 Å². The Morgan fingerprint density at radius 1 is 1.20 bits per heavy atom. The largest absolute Gasteiger partial charge is 0.264 e. The predicted octanol–water partition coefficient (Wildman–Crippen LogP) is 1.60. The van der Waals surface area contributed by atoms with E-state index in [0.717, 1.165) is 11.3 Å². The minimum atomic E-state index is 0.292. The van der Waals surface area contributed by atoms with Crippen LogP contribution in [0.3, 0.4) is 0 Å². The standard InChI is InChI=1S/C11H8N4/c12-4-3-10-7-15-11(8-14-10)9-2-1-5-13-6-9/h1-2,5-8H,3H2. The van der Waals surface area contributed by atoms with Gasteiger partial charge in [0, 0.05) is 18.0 Å². The summed E-state index contributed by atoms with van der Waals surface area (Å²) >= 11 is 0. The maximum Gasteiger partial charge on any atom is 0.0900 e. The molecule has 0 spiro atoms. The number of hydrogen-bond acceptors (Lipinski definition) is 4. The first-order chi connectivity index (χ1) is 7.40. The third-order valence-corrected chi connectivity index (χ3v) is 1.92. The molecule has 0 fully saturated rings. The van der Waals surface area contributed by atoms with Crippen LogP contribution in [0.4, 0.5) is 0 Å². The van der Waals surface area contributed by atoms with Gasteiger partial charge < -0.3 is 0 Å². The summed E-state index contributed by atoms with van der Waals surface area (Å²) in [6, 6.07) is 5.79. The van der Waals surface area contributed by atoms with E-state index >= 15 is 0 Å². The molecule has 0 saturated heterocycles. The molecule has 0 saturated carbocycles. The summed E-state index contributed by atoms with van der Waals surface area (Å²) < 4.78 is 0. The van der Waals surface area contributed by atoms with Crippen LogP contribution in [-0.2, 0) is 6.42 Å². The number of nitriles is 1. The van der Waals surface area contributed by atoms with E-state index in [4.69, 9.17) is 5.26 Å². The molecule has 0 aliphatic rings. The van der Waals surface area contributed by atoms with Crippen LogP contribution in [0.2, 0.25) is 0 Å². The topological polar surface area (TPSA) is 62.5 Å². The Labute approximate surface area is 87.3 Å². The molecule has 0 aromatic carbocycles. The zero-order valence-corrected chi connectivity index (χ0v) is 7.96. The normalized spacial score (nSPS) is 9.53. The van der Waals surface area contributed by atoms with Crippen LogP contribution in [0.25, 0.3) is 11.3 Å². The number of rotatable bonds is 2. The molecule has 4 heteroatoms. The van der Waals surface area contributed by atoms with Gasteiger partial charge in [0.25, 0.3) is 0 Å².